The Morgan fingerprint density at radius 3 is 2.83 bits per heavy atom. The maximum atomic E-state index is 12.4. The van der Waals surface area contributed by atoms with Crippen molar-refractivity contribution in [2.45, 2.75) is 38.3 Å². The number of aromatic nitrogens is 2. The van der Waals surface area contributed by atoms with Crippen LogP contribution in [0.25, 0.3) is 11.3 Å². The van der Waals surface area contributed by atoms with Gasteiger partial charge in [-0.15, -0.1) is 0 Å². The molecular weight excluding hydrogens is 370 g/mol. The standard InChI is InChI=1S/C21H27N5O3/c1-21(2)19(27)26(20(28)24-21)11-10-25-9-5-8-17(25)18-22-13-16(23-18)14-6-4-7-15(12-14)29-3/h4,6-7,12-13,17H,5,8-11H2,1-3H3,(H,22,23)(H,24,28)/t17-/m1/s1. The molecule has 0 radical (unpaired) electrons. The Kier molecular flexibility index (Phi) is 5.04. The number of nitrogens with zero attached hydrogens (tertiary/aromatic N) is 3. The summed E-state index contributed by atoms with van der Waals surface area (Å²) in [6.07, 6.45) is 3.91. The number of imide groups is 1. The first-order chi connectivity index (χ1) is 13.9. The fourth-order valence-corrected chi connectivity index (χ4v) is 4.10. The molecule has 0 unspecified atom stereocenters. The molecule has 154 valence electrons. The Morgan fingerprint density at radius 2 is 2.10 bits per heavy atom. The number of carbonyl (C=O) groups is 2. The monoisotopic (exact) mass is 397 g/mol. The quantitative estimate of drug-likeness (QED) is 0.731. The summed E-state index contributed by atoms with van der Waals surface area (Å²) in [6, 6.07) is 7.71. The van der Waals surface area contributed by atoms with Crippen molar-refractivity contribution in [2.75, 3.05) is 26.7 Å². The highest BCUT2D eigenvalue weighted by atomic mass is 16.5. The van der Waals surface area contributed by atoms with E-state index in [-0.39, 0.29) is 18.0 Å². The van der Waals surface area contributed by atoms with Crippen LogP contribution in [-0.2, 0) is 4.79 Å². The first-order valence-electron chi connectivity index (χ1n) is 9.96. The van der Waals surface area contributed by atoms with Crippen LogP contribution in [-0.4, -0.2) is 64.0 Å². The van der Waals surface area contributed by atoms with E-state index in [1.807, 2.05) is 30.5 Å². The summed E-state index contributed by atoms with van der Waals surface area (Å²) in [4.78, 5) is 36.2. The van der Waals surface area contributed by atoms with E-state index in [1.54, 1.807) is 21.0 Å². The predicted octanol–water partition coefficient (Wildman–Crippen LogP) is 2.55. The van der Waals surface area contributed by atoms with E-state index in [1.165, 1.54) is 4.90 Å². The molecule has 0 saturated carbocycles. The lowest BCUT2D eigenvalue weighted by atomic mass is 10.1. The van der Waals surface area contributed by atoms with Crippen LogP contribution in [0, 0.1) is 0 Å². The third kappa shape index (κ3) is 3.72. The van der Waals surface area contributed by atoms with E-state index in [0.717, 1.165) is 42.2 Å². The fraction of sp³-hybridized carbons (Fsp3) is 0.476. The van der Waals surface area contributed by atoms with E-state index in [4.69, 9.17) is 4.74 Å². The van der Waals surface area contributed by atoms with Gasteiger partial charge in [-0.25, -0.2) is 9.78 Å². The molecule has 0 aliphatic carbocycles. The number of rotatable bonds is 6. The van der Waals surface area contributed by atoms with Gasteiger partial charge in [0.25, 0.3) is 5.91 Å². The Morgan fingerprint density at radius 1 is 1.28 bits per heavy atom. The minimum Gasteiger partial charge on any atom is -0.497 e. The lowest BCUT2D eigenvalue weighted by molar-refractivity contribution is -0.130. The highest BCUT2D eigenvalue weighted by molar-refractivity contribution is 6.06. The molecule has 0 spiro atoms. The van der Waals surface area contributed by atoms with Crippen LogP contribution in [0.4, 0.5) is 4.79 Å². The molecule has 0 bridgehead atoms. The minimum atomic E-state index is -0.825. The number of likely N-dealkylation sites (tertiary alicyclic amines) is 1. The Labute approximate surface area is 170 Å². The summed E-state index contributed by atoms with van der Waals surface area (Å²) >= 11 is 0. The van der Waals surface area contributed by atoms with Gasteiger partial charge in [-0.3, -0.25) is 14.6 Å². The van der Waals surface area contributed by atoms with Crippen molar-refractivity contribution in [3.8, 4) is 17.0 Å². The number of H-pyrrole nitrogens is 1. The molecule has 2 saturated heterocycles. The van der Waals surface area contributed by atoms with Crippen molar-refractivity contribution < 1.29 is 14.3 Å². The van der Waals surface area contributed by atoms with Crippen LogP contribution in [0.1, 0.15) is 38.6 Å². The number of amides is 3. The molecule has 8 nitrogen and oxygen atoms in total. The number of benzene rings is 1. The zero-order chi connectivity index (χ0) is 20.6. The molecule has 4 rings (SSSR count). The number of hydrogen-bond donors (Lipinski definition) is 2. The summed E-state index contributed by atoms with van der Waals surface area (Å²) in [7, 11) is 1.65. The molecule has 2 N–H and O–H groups in total. The van der Waals surface area contributed by atoms with Gasteiger partial charge in [0.05, 0.1) is 25.0 Å². The number of carbonyl (C=O) groups excluding carboxylic acids is 2. The normalized spacial score (nSPS) is 21.6. The van der Waals surface area contributed by atoms with Crippen LogP contribution >= 0.6 is 0 Å². The molecule has 2 aliphatic rings. The lowest BCUT2D eigenvalue weighted by Crippen LogP contribution is -2.41. The van der Waals surface area contributed by atoms with Crippen molar-refractivity contribution in [3.05, 3.63) is 36.3 Å². The Hall–Kier alpha value is -2.87. The summed E-state index contributed by atoms with van der Waals surface area (Å²) in [6.45, 7) is 5.40. The van der Waals surface area contributed by atoms with E-state index < -0.39 is 5.54 Å². The van der Waals surface area contributed by atoms with Crippen molar-refractivity contribution in [3.63, 3.8) is 0 Å². The van der Waals surface area contributed by atoms with Gasteiger partial charge in [0.1, 0.15) is 17.1 Å². The van der Waals surface area contributed by atoms with Crippen molar-refractivity contribution >= 4 is 11.9 Å². The molecular formula is C21H27N5O3. The summed E-state index contributed by atoms with van der Waals surface area (Å²) < 4.78 is 5.31. The number of methoxy groups -OCH3 is 1. The van der Waals surface area contributed by atoms with Gasteiger partial charge in [-0.1, -0.05) is 12.1 Å². The second kappa shape index (κ2) is 7.51. The third-order valence-corrected chi connectivity index (χ3v) is 5.71. The SMILES string of the molecule is COc1cccc(-c2cnc([C@H]3CCCN3CCN3C(=O)NC(C)(C)C3=O)[nH]2)c1. The number of ether oxygens (including phenoxy) is 1. The molecule has 8 heteroatoms. The first kappa shape index (κ1) is 19.4. The van der Waals surface area contributed by atoms with Gasteiger partial charge < -0.3 is 15.0 Å². The molecule has 3 amide bonds. The average molecular weight is 397 g/mol. The van der Waals surface area contributed by atoms with Crippen LogP contribution in [0.15, 0.2) is 30.5 Å². The van der Waals surface area contributed by atoms with Gasteiger partial charge in [-0.05, 0) is 45.4 Å². The van der Waals surface area contributed by atoms with Crippen LogP contribution in [0.3, 0.4) is 0 Å². The smallest absolute Gasteiger partial charge is 0.325 e. The number of imidazole rings is 1. The average Bonchev–Trinajstić information content (AvgIpc) is 3.40. The van der Waals surface area contributed by atoms with Crippen LogP contribution in [0.5, 0.6) is 5.75 Å². The zero-order valence-electron chi connectivity index (χ0n) is 17.1. The molecule has 1 aromatic heterocycles. The Balaban J connectivity index is 1.45. The molecule has 1 atom stereocenters. The van der Waals surface area contributed by atoms with Crippen molar-refractivity contribution in [1.82, 2.24) is 25.1 Å². The summed E-state index contributed by atoms with van der Waals surface area (Å²) in [5.41, 5.74) is 1.14. The molecule has 2 aliphatic heterocycles. The molecule has 2 aromatic rings. The largest absolute Gasteiger partial charge is 0.497 e. The molecule has 3 heterocycles. The summed E-state index contributed by atoms with van der Waals surface area (Å²) in [5, 5.41) is 2.73. The van der Waals surface area contributed by atoms with Crippen LogP contribution in [0.2, 0.25) is 0 Å². The number of hydrogen-bond acceptors (Lipinski definition) is 5. The van der Waals surface area contributed by atoms with Crippen LogP contribution < -0.4 is 10.1 Å². The predicted molar refractivity (Wildman–Crippen MR) is 108 cm³/mol. The Bertz CT molecular complexity index is 923. The molecule has 29 heavy (non-hydrogen) atoms. The third-order valence-electron chi connectivity index (χ3n) is 5.71. The topological polar surface area (TPSA) is 90.6 Å². The highest BCUT2D eigenvalue weighted by Gasteiger charge is 2.44. The van der Waals surface area contributed by atoms with Gasteiger partial charge in [0.2, 0.25) is 0 Å². The maximum absolute atomic E-state index is 12.4. The molecule has 1 aromatic carbocycles. The zero-order valence-corrected chi connectivity index (χ0v) is 17.1. The molecule has 2 fully saturated rings. The van der Waals surface area contributed by atoms with E-state index >= 15 is 0 Å². The van der Waals surface area contributed by atoms with E-state index in [0.29, 0.717) is 13.1 Å². The maximum Gasteiger partial charge on any atom is 0.325 e. The van der Waals surface area contributed by atoms with Gasteiger partial charge in [-0.2, -0.15) is 0 Å². The van der Waals surface area contributed by atoms with Crippen molar-refractivity contribution in [2.24, 2.45) is 0 Å². The highest BCUT2D eigenvalue weighted by Crippen LogP contribution is 2.32. The number of nitrogens with one attached hydrogen (secondary N) is 2. The fourth-order valence-electron chi connectivity index (χ4n) is 4.10. The minimum absolute atomic E-state index is 0.156. The van der Waals surface area contributed by atoms with Crippen molar-refractivity contribution in [1.29, 1.82) is 0 Å². The van der Waals surface area contributed by atoms with E-state index in [2.05, 4.69) is 20.2 Å². The number of aromatic amines is 1. The summed E-state index contributed by atoms with van der Waals surface area (Å²) in [5.74, 6) is 1.55. The van der Waals surface area contributed by atoms with Gasteiger partial charge in [0, 0.05) is 18.7 Å². The van der Waals surface area contributed by atoms with Gasteiger partial charge >= 0.3 is 6.03 Å². The van der Waals surface area contributed by atoms with Gasteiger partial charge in [0.15, 0.2) is 0 Å². The second-order valence-electron chi connectivity index (χ2n) is 8.12. The number of urea groups is 1. The second-order valence-corrected chi connectivity index (χ2v) is 8.12. The first-order valence-corrected chi connectivity index (χ1v) is 9.96. The van der Waals surface area contributed by atoms with E-state index in [9.17, 15) is 9.59 Å². The lowest BCUT2D eigenvalue weighted by Gasteiger charge is -2.25.